The Hall–Kier alpha value is -1.23. The maximum Gasteiger partial charge on any atom is 0.327 e. The minimum Gasteiger partial charge on any atom is -0.379 e. The number of hydrogen-bond acceptors (Lipinski definition) is 4. The second-order valence-electron chi connectivity index (χ2n) is 2.46. The normalized spacial score (nSPS) is 18.7. The first-order chi connectivity index (χ1) is 5.67. The van der Waals surface area contributed by atoms with Crippen LogP contribution in [0, 0.1) is 0 Å². The van der Waals surface area contributed by atoms with Gasteiger partial charge in [0.25, 0.3) is 0 Å². The number of para-hydroxylation sites is 2. The van der Waals surface area contributed by atoms with E-state index in [4.69, 9.17) is 4.18 Å². The molecule has 1 aliphatic rings. The van der Waals surface area contributed by atoms with Crippen molar-refractivity contribution in [2.45, 2.75) is 0 Å². The third-order valence-corrected chi connectivity index (χ3v) is 2.47. The Morgan fingerprint density at radius 2 is 2.08 bits per heavy atom. The molecule has 0 amide bonds. The minimum absolute atomic E-state index is 0.163. The van der Waals surface area contributed by atoms with Gasteiger partial charge in [0, 0.05) is 0 Å². The highest BCUT2D eigenvalue weighted by Crippen LogP contribution is 2.28. The summed E-state index contributed by atoms with van der Waals surface area (Å²) in [5, 5.41) is 2.74. The second kappa shape index (κ2) is 2.38. The van der Waals surface area contributed by atoms with E-state index in [1.807, 2.05) is 6.07 Å². The van der Waals surface area contributed by atoms with Crippen molar-refractivity contribution in [3.8, 4) is 5.75 Å². The van der Waals surface area contributed by atoms with Crippen molar-refractivity contribution in [1.29, 1.82) is 0 Å². The van der Waals surface area contributed by atoms with Crippen LogP contribution >= 0.6 is 0 Å². The number of anilines is 1. The average molecular weight is 185 g/mol. The number of nitrogens with one attached hydrogen (secondary N) is 1. The summed E-state index contributed by atoms with van der Waals surface area (Å²) in [6.07, 6.45) is 0. The number of hydrogen-bond donors (Lipinski definition) is 1. The second-order valence-corrected chi connectivity index (χ2v) is 4.03. The molecule has 1 N–H and O–H groups in total. The highest BCUT2D eigenvalue weighted by Gasteiger charge is 2.20. The van der Waals surface area contributed by atoms with E-state index in [2.05, 4.69) is 5.32 Å². The lowest BCUT2D eigenvalue weighted by Gasteiger charge is -2.17. The molecule has 0 aliphatic carbocycles. The summed E-state index contributed by atoms with van der Waals surface area (Å²) in [7, 11) is -3.41. The number of benzene rings is 1. The smallest absolute Gasteiger partial charge is 0.327 e. The molecule has 0 radical (unpaired) electrons. The van der Waals surface area contributed by atoms with Crippen LogP contribution in [0.15, 0.2) is 24.3 Å². The zero-order chi connectivity index (χ0) is 8.60. The van der Waals surface area contributed by atoms with Gasteiger partial charge in [0.05, 0.1) is 5.69 Å². The molecule has 0 fully saturated rings. The fraction of sp³-hybridized carbons (Fsp3) is 0.143. The van der Waals surface area contributed by atoms with E-state index in [1.165, 1.54) is 0 Å². The van der Waals surface area contributed by atoms with Gasteiger partial charge < -0.3 is 9.50 Å². The summed E-state index contributed by atoms with van der Waals surface area (Å²) < 4.78 is 26.6. The van der Waals surface area contributed by atoms with Crippen LogP contribution < -0.4 is 9.50 Å². The van der Waals surface area contributed by atoms with Crippen LogP contribution in [-0.2, 0) is 10.1 Å². The molecule has 0 unspecified atom stereocenters. The quantitative estimate of drug-likeness (QED) is 0.607. The van der Waals surface area contributed by atoms with Crippen LogP contribution in [0.3, 0.4) is 0 Å². The van der Waals surface area contributed by atoms with Crippen molar-refractivity contribution in [3.05, 3.63) is 24.3 Å². The van der Waals surface area contributed by atoms with Crippen molar-refractivity contribution < 1.29 is 12.6 Å². The molecule has 2 rings (SSSR count). The van der Waals surface area contributed by atoms with Gasteiger partial charge in [-0.25, -0.2) is 0 Å². The first-order valence-electron chi connectivity index (χ1n) is 3.42. The van der Waals surface area contributed by atoms with Crippen molar-refractivity contribution >= 4 is 15.8 Å². The lowest BCUT2D eigenvalue weighted by atomic mass is 10.3. The maximum absolute atomic E-state index is 10.9. The van der Waals surface area contributed by atoms with Crippen LogP contribution in [0.5, 0.6) is 5.75 Å². The summed E-state index contributed by atoms with van der Waals surface area (Å²) in [6, 6.07) is 6.91. The van der Waals surface area contributed by atoms with E-state index in [1.54, 1.807) is 18.2 Å². The van der Waals surface area contributed by atoms with Crippen molar-refractivity contribution in [1.82, 2.24) is 0 Å². The molecule has 1 aromatic carbocycles. The molecule has 0 aromatic heterocycles. The fourth-order valence-electron chi connectivity index (χ4n) is 1.02. The van der Waals surface area contributed by atoms with Gasteiger partial charge in [0.2, 0.25) is 0 Å². The Morgan fingerprint density at radius 3 is 2.92 bits per heavy atom. The van der Waals surface area contributed by atoms with Crippen molar-refractivity contribution in [3.63, 3.8) is 0 Å². The molecule has 0 atom stereocenters. The highest BCUT2D eigenvalue weighted by molar-refractivity contribution is 7.87. The zero-order valence-electron chi connectivity index (χ0n) is 6.15. The Morgan fingerprint density at radius 1 is 1.33 bits per heavy atom. The van der Waals surface area contributed by atoms with Gasteiger partial charge in [-0.1, -0.05) is 12.1 Å². The maximum atomic E-state index is 10.9. The Kier molecular flexibility index (Phi) is 1.47. The Balaban J connectivity index is 2.48. The van der Waals surface area contributed by atoms with Crippen LogP contribution in [0.25, 0.3) is 0 Å². The molecule has 0 bridgehead atoms. The van der Waals surface area contributed by atoms with E-state index >= 15 is 0 Å². The highest BCUT2D eigenvalue weighted by atomic mass is 32.2. The molecular weight excluding hydrogens is 178 g/mol. The molecule has 5 heteroatoms. The van der Waals surface area contributed by atoms with Gasteiger partial charge in [-0.05, 0) is 12.1 Å². The van der Waals surface area contributed by atoms with Crippen LogP contribution in [0.2, 0.25) is 0 Å². The largest absolute Gasteiger partial charge is 0.379 e. The van der Waals surface area contributed by atoms with E-state index in [0.29, 0.717) is 11.4 Å². The van der Waals surface area contributed by atoms with Gasteiger partial charge in [0.1, 0.15) is 0 Å². The lowest BCUT2D eigenvalue weighted by Crippen LogP contribution is -2.24. The molecule has 1 heterocycles. The van der Waals surface area contributed by atoms with Crippen molar-refractivity contribution in [2.24, 2.45) is 0 Å². The standard InChI is InChI=1S/C7H7NO3S/c9-12(10)5-8-6-3-1-2-4-7(6)11-12/h1-4,8H,5H2. The molecular formula is C7H7NO3S. The predicted molar refractivity (Wildman–Crippen MR) is 44.5 cm³/mol. The molecule has 0 saturated heterocycles. The summed E-state index contributed by atoms with van der Waals surface area (Å²) in [6.45, 7) is 0. The molecule has 0 spiro atoms. The summed E-state index contributed by atoms with van der Waals surface area (Å²) >= 11 is 0. The summed E-state index contributed by atoms with van der Waals surface area (Å²) in [5.41, 5.74) is 0.715. The van der Waals surface area contributed by atoms with Gasteiger partial charge in [-0.15, -0.1) is 0 Å². The minimum atomic E-state index is -3.41. The monoisotopic (exact) mass is 185 g/mol. The third kappa shape index (κ3) is 1.23. The van der Waals surface area contributed by atoms with Gasteiger partial charge in [-0.3, -0.25) is 0 Å². The Labute approximate surface area is 70.3 Å². The fourth-order valence-corrected chi connectivity index (χ4v) is 1.83. The summed E-state index contributed by atoms with van der Waals surface area (Å²) in [4.78, 5) is 0. The van der Waals surface area contributed by atoms with Crippen molar-refractivity contribution in [2.75, 3.05) is 11.2 Å². The SMILES string of the molecule is O=S1(=O)CNc2ccccc2O1. The van der Waals surface area contributed by atoms with Crippen LogP contribution in [0.1, 0.15) is 0 Å². The molecule has 1 aliphatic heterocycles. The zero-order valence-corrected chi connectivity index (χ0v) is 6.97. The number of rotatable bonds is 0. The van der Waals surface area contributed by atoms with Gasteiger partial charge >= 0.3 is 10.1 Å². The molecule has 4 nitrogen and oxygen atoms in total. The molecule has 12 heavy (non-hydrogen) atoms. The van der Waals surface area contributed by atoms with E-state index in [9.17, 15) is 8.42 Å². The molecule has 64 valence electrons. The first-order valence-corrected chi connectivity index (χ1v) is 5.00. The van der Waals surface area contributed by atoms with E-state index in [-0.39, 0.29) is 5.88 Å². The van der Waals surface area contributed by atoms with Crippen LogP contribution in [0.4, 0.5) is 5.69 Å². The number of fused-ring (bicyclic) bond motifs is 1. The molecule has 0 saturated carbocycles. The first kappa shape index (κ1) is 7.42. The predicted octanol–water partition coefficient (Wildman–Crippen LogP) is 0.778. The third-order valence-electron chi connectivity index (χ3n) is 1.54. The topological polar surface area (TPSA) is 55.4 Å². The van der Waals surface area contributed by atoms with E-state index < -0.39 is 10.1 Å². The van der Waals surface area contributed by atoms with Gasteiger partial charge in [-0.2, -0.15) is 8.42 Å². The van der Waals surface area contributed by atoms with E-state index in [0.717, 1.165) is 0 Å². The van der Waals surface area contributed by atoms with Crippen LogP contribution in [-0.4, -0.2) is 14.3 Å². The Bertz CT molecular complexity index is 399. The lowest BCUT2D eigenvalue weighted by molar-refractivity contribution is 0.483. The molecule has 1 aromatic rings. The summed E-state index contributed by atoms with van der Waals surface area (Å²) in [5.74, 6) is 0.202. The van der Waals surface area contributed by atoms with Gasteiger partial charge in [0.15, 0.2) is 11.6 Å². The average Bonchev–Trinajstić information content (AvgIpc) is 2.02.